The molecule has 0 N–H and O–H groups in total. The topological polar surface area (TPSA) is 26.3 Å². The molecular weight excluding hydrogens is 256 g/mol. The van der Waals surface area contributed by atoms with Gasteiger partial charge in [0, 0.05) is 24.3 Å². The van der Waals surface area contributed by atoms with Gasteiger partial charge >= 0.3 is 0 Å². The van der Waals surface area contributed by atoms with Crippen LogP contribution in [0.1, 0.15) is 38.5 Å². The third-order valence-corrected chi connectivity index (χ3v) is 4.80. The number of carbonyl (C=O) groups excluding carboxylic acids is 1. The lowest BCUT2D eigenvalue weighted by Crippen LogP contribution is -2.48. The van der Waals surface area contributed by atoms with Gasteiger partial charge in [0.2, 0.25) is 0 Å². The molecule has 2 rings (SSSR count). The molecule has 0 aliphatic heterocycles. The van der Waals surface area contributed by atoms with Crippen molar-refractivity contribution in [2.24, 2.45) is 11.3 Å². The number of carbonyl (C=O) groups is 1. The lowest BCUT2D eigenvalue weighted by Gasteiger charge is -2.44. The molecule has 0 radical (unpaired) electrons. The van der Waals surface area contributed by atoms with Gasteiger partial charge in [0.05, 0.1) is 6.10 Å². The van der Waals surface area contributed by atoms with Crippen molar-refractivity contribution < 1.29 is 9.53 Å². The lowest BCUT2D eigenvalue weighted by molar-refractivity contribution is -0.146. The average Bonchev–Trinajstić information content (AvgIpc) is 2.70. The third kappa shape index (κ3) is 1.78. The number of halogens is 1. The summed E-state index contributed by atoms with van der Waals surface area (Å²) >= 11 is 3.47. The van der Waals surface area contributed by atoms with Gasteiger partial charge in [0.25, 0.3) is 0 Å². The van der Waals surface area contributed by atoms with Crippen molar-refractivity contribution in [1.82, 2.24) is 0 Å². The zero-order valence-corrected chi connectivity index (χ0v) is 10.9. The van der Waals surface area contributed by atoms with Crippen LogP contribution in [0.4, 0.5) is 0 Å². The van der Waals surface area contributed by atoms with Crippen LogP contribution in [0, 0.1) is 11.3 Å². The monoisotopic (exact) mass is 274 g/mol. The first kappa shape index (κ1) is 11.6. The first-order valence-corrected chi connectivity index (χ1v) is 6.99. The highest BCUT2D eigenvalue weighted by molar-refractivity contribution is 9.09. The van der Waals surface area contributed by atoms with E-state index in [0.29, 0.717) is 11.7 Å². The summed E-state index contributed by atoms with van der Waals surface area (Å²) < 4.78 is 5.57. The van der Waals surface area contributed by atoms with E-state index in [9.17, 15) is 4.79 Å². The van der Waals surface area contributed by atoms with Crippen molar-refractivity contribution in [3.63, 3.8) is 0 Å². The smallest absolute Gasteiger partial charge is 0.139 e. The second kappa shape index (κ2) is 4.54. The molecule has 0 bridgehead atoms. The molecule has 3 heteroatoms. The standard InChI is InChI=1S/C12H19BrO2/c1-15-10(5-8-13)9-3-2-6-12(9)7-4-11(12)14/h9-10H,2-8H2,1H3/t9-,10+,12+/m1/s1. The van der Waals surface area contributed by atoms with E-state index in [0.717, 1.165) is 31.0 Å². The van der Waals surface area contributed by atoms with Gasteiger partial charge in [0.15, 0.2) is 0 Å². The molecule has 0 unspecified atom stereocenters. The van der Waals surface area contributed by atoms with Gasteiger partial charge in [-0.1, -0.05) is 22.4 Å². The molecule has 0 aromatic rings. The number of hydrogen-bond acceptors (Lipinski definition) is 2. The van der Waals surface area contributed by atoms with E-state index in [1.807, 2.05) is 0 Å². The van der Waals surface area contributed by atoms with Crippen molar-refractivity contribution in [2.45, 2.75) is 44.6 Å². The summed E-state index contributed by atoms with van der Waals surface area (Å²) in [5.74, 6) is 0.989. The molecule has 3 atom stereocenters. The number of hydrogen-bond donors (Lipinski definition) is 0. The molecule has 0 amide bonds. The number of ketones is 1. The summed E-state index contributed by atoms with van der Waals surface area (Å²) in [4.78, 5) is 11.8. The number of Topliss-reactive ketones (excluding diaryl/α,β-unsaturated/α-hetero) is 1. The summed E-state index contributed by atoms with van der Waals surface area (Å²) in [7, 11) is 1.78. The van der Waals surface area contributed by atoms with Crippen LogP contribution in [0.25, 0.3) is 0 Å². The van der Waals surface area contributed by atoms with Gasteiger partial charge in [-0.2, -0.15) is 0 Å². The van der Waals surface area contributed by atoms with Gasteiger partial charge in [-0.05, 0) is 31.6 Å². The van der Waals surface area contributed by atoms with Crippen LogP contribution in [0.2, 0.25) is 0 Å². The van der Waals surface area contributed by atoms with Crippen LogP contribution in [-0.2, 0) is 9.53 Å². The van der Waals surface area contributed by atoms with E-state index in [-0.39, 0.29) is 11.5 Å². The van der Waals surface area contributed by atoms with Crippen LogP contribution in [0.15, 0.2) is 0 Å². The van der Waals surface area contributed by atoms with Crippen molar-refractivity contribution >= 4 is 21.7 Å². The Labute approximate surface area is 99.9 Å². The minimum atomic E-state index is 0.0306. The third-order valence-electron chi connectivity index (χ3n) is 4.35. The van der Waals surface area contributed by atoms with E-state index in [1.54, 1.807) is 7.11 Å². The minimum Gasteiger partial charge on any atom is -0.381 e. The molecule has 1 spiro atoms. The van der Waals surface area contributed by atoms with Crippen molar-refractivity contribution in [1.29, 1.82) is 0 Å². The summed E-state index contributed by atoms with van der Waals surface area (Å²) in [6.45, 7) is 0. The number of rotatable bonds is 4. The SMILES string of the molecule is CO[C@@H](CCBr)[C@H]1CCC[C@]12CCC2=O. The average molecular weight is 275 g/mol. The minimum absolute atomic E-state index is 0.0306. The Hall–Kier alpha value is 0.110. The van der Waals surface area contributed by atoms with Crippen molar-refractivity contribution in [2.75, 3.05) is 12.4 Å². The number of alkyl halides is 1. The molecular formula is C12H19BrO2. The molecule has 2 nitrogen and oxygen atoms in total. The normalized spacial score (nSPS) is 36.9. The zero-order valence-electron chi connectivity index (χ0n) is 9.30. The Balaban J connectivity index is 2.09. The predicted molar refractivity (Wildman–Crippen MR) is 63.2 cm³/mol. The molecule has 0 aromatic carbocycles. The molecule has 2 aliphatic rings. The first-order valence-electron chi connectivity index (χ1n) is 5.86. The highest BCUT2D eigenvalue weighted by atomic mass is 79.9. The largest absolute Gasteiger partial charge is 0.381 e. The molecule has 15 heavy (non-hydrogen) atoms. The van der Waals surface area contributed by atoms with Gasteiger partial charge in [-0.15, -0.1) is 0 Å². The Bertz CT molecular complexity index is 254. The fraction of sp³-hybridized carbons (Fsp3) is 0.917. The predicted octanol–water partition coefficient (Wildman–Crippen LogP) is 2.94. The second-order valence-corrected chi connectivity index (χ2v) is 5.62. The van der Waals surface area contributed by atoms with E-state index < -0.39 is 0 Å². The van der Waals surface area contributed by atoms with Crippen LogP contribution in [0.3, 0.4) is 0 Å². The van der Waals surface area contributed by atoms with Gasteiger partial charge < -0.3 is 4.74 Å². The molecule has 2 saturated carbocycles. The van der Waals surface area contributed by atoms with Crippen LogP contribution >= 0.6 is 15.9 Å². The Morgan fingerprint density at radius 3 is 2.87 bits per heavy atom. The van der Waals surface area contributed by atoms with Crippen molar-refractivity contribution in [3.05, 3.63) is 0 Å². The zero-order chi connectivity index (χ0) is 10.9. The fourth-order valence-electron chi connectivity index (χ4n) is 3.44. The number of ether oxygens (including phenoxy) is 1. The summed E-state index contributed by atoms with van der Waals surface area (Å²) in [5, 5.41) is 0.965. The van der Waals surface area contributed by atoms with Gasteiger partial charge in [-0.25, -0.2) is 0 Å². The van der Waals surface area contributed by atoms with E-state index in [2.05, 4.69) is 15.9 Å². The molecule has 2 fully saturated rings. The Kier molecular flexibility index (Phi) is 3.51. The highest BCUT2D eigenvalue weighted by Gasteiger charge is 2.55. The maximum absolute atomic E-state index is 11.8. The van der Waals surface area contributed by atoms with E-state index in [1.165, 1.54) is 12.8 Å². The van der Waals surface area contributed by atoms with E-state index in [4.69, 9.17) is 4.74 Å². The molecule has 2 aliphatic carbocycles. The second-order valence-electron chi connectivity index (χ2n) is 4.83. The van der Waals surface area contributed by atoms with Gasteiger partial charge in [-0.3, -0.25) is 4.79 Å². The molecule has 0 heterocycles. The maximum Gasteiger partial charge on any atom is 0.139 e. The van der Waals surface area contributed by atoms with Crippen LogP contribution in [0.5, 0.6) is 0 Å². The first-order chi connectivity index (χ1) is 7.24. The lowest BCUT2D eigenvalue weighted by atomic mass is 9.60. The van der Waals surface area contributed by atoms with Crippen LogP contribution < -0.4 is 0 Å². The molecule has 86 valence electrons. The fourth-order valence-corrected chi connectivity index (χ4v) is 3.89. The Morgan fingerprint density at radius 2 is 2.40 bits per heavy atom. The molecule has 0 aromatic heterocycles. The quantitative estimate of drug-likeness (QED) is 0.737. The summed E-state index contributed by atoms with van der Waals surface area (Å²) in [6.07, 6.45) is 6.71. The summed E-state index contributed by atoms with van der Waals surface area (Å²) in [6, 6.07) is 0. The van der Waals surface area contributed by atoms with Crippen molar-refractivity contribution in [3.8, 4) is 0 Å². The molecule has 0 saturated heterocycles. The number of methoxy groups -OCH3 is 1. The Morgan fingerprint density at radius 1 is 1.60 bits per heavy atom. The summed E-state index contributed by atoms with van der Waals surface area (Å²) in [5.41, 5.74) is 0.0306. The maximum atomic E-state index is 11.8. The van der Waals surface area contributed by atoms with Gasteiger partial charge in [0.1, 0.15) is 5.78 Å². The highest BCUT2D eigenvalue weighted by Crippen LogP contribution is 2.56. The van der Waals surface area contributed by atoms with E-state index >= 15 is 0 Å². The van der Waals surface area contributed by atoms with Crippen LogP contribution in [-0.4, -0.2) is 24.3 Å².